The van der Waals surface area contributed by atoms with Gasteiger partial charge in [-0.2, -0.15) is 0 Å². The SMILES string of the molecule is O=[N+]([O-])c1c(Cl)cccc1C(O)C1CCCN(Cc2cnc[nH]2)c2ccc(-c3ccccc3)cc2CC1. The van der Waals surface area contributed by atoms with Crippen LogP contribution in [0.2, 0.25) is 5.02 Å². The first kappa shape index (κ1) is 25.0. The van der Waals surface area contributed by atoms with Crippen LogP contribution in [0.15, 0.2) is 79.3 Å². The number of aliphatic hydroxyl groups excluding tert-OH is 1. The fourth-order valence-corrected chi connectivity index (χ4v) is 5.58. The molecule has 0 bridgehead atoms. The molecule has 2 N–H and O–H groups in total. The number of halogens is 1. The van der Waals surface area contributed by atoms with Gasteiger partial charge in [-0.05, 0) is 72.6 Å². The summed E-state index contributed by atoms with van der Waals surface area (Å²) in [4.78, 5) is 21.0. The number of para-hydroxylation sites is 1. The molecule has 0 spiro atoms. The number of nitrogens with zero attached hydrogens (tertiary/aromatic N) is 3. The Hall–Kier alpha value is -3.68. The number of aromatic nitrogens is 2. The first-order valence-corrected chi connectivity index (χ1v) is 12.9. The number of hydrogen-bond acceptors (Lipinski definition) is 5. The number of fused-ring (bicyclic) bond motifs is 1. The maximum atomic E-state index is 11.7. The van der Waals surface area contributed by atoms with Gasteiger partial charge in [-0.15, -0.1) is 0 Å². The van der Waals surface area contributed by atoms with Crippen LogP contribution in [0.4, 0.5) is 11.4 Å². The maximum Gasteiger partial charge on any atom is 0.293 e. The summed E-state index contributed by atoms with van der Waals surface area (Å²) in [7, 11) is 0. The number of nitrogens with one attached hydrogen (secondary N) is 1. The third-order valence-corrected chi connectivity index (χ3v) is 7.50. The predicted octanol–water partition coefficient (Wildman–Crippen LogP) is 6.72. The number of benzene rings is 3. The summed E-state index contributed by atoms with van der Waals surface area (Å²) in [5.41, 5.74) is 5.76. The monoisotopic (exact) mass is 516 g/mol. The minimum atomic E-state index is -0.973. The van der Waals surface area contributed by atoms with Crippen LogP contribution < -0.4 is 4.90 Å². The highest BCUT2D eigenvalue weighted by atomic mass is 35.5. The highest BCUT2D eigenvalue weighted by molar-refractivity contribution is 6.32. The van der Waals surface area contributed by atoms with E-state index in [1.807, 2.05) is 24.4 Å². The molecule has 37 heavy (non-hydrogen) atoms. The fraction of sp³-hybridized carbons (Fsp3) is 0.276. The van der Waals surface area contributed by atoms with E-state index in [0.29, 0.717) is 13.0 Å². The Morgan fingerprint density at radius 1 is 1.11 bits per heavy atom. The van der Waals surface area contributed by atoms with E-state index in [1.165, 1.54) is 11.6 Å². The maximum absolute atomic E-state index is 11.7. The van der Waals surface area contributed by atoms with E-state index in [-0.39, 0.29) is 22.2 Å². The highest BCUT2D eigenvalue weighted by Crippen LogP contribution is 2.40. The smallest absolute Gasteiger partial charge is 0.293 e. The number of H-pyrrole nitrogens is 1. The average molecular weight is 517 g/mol. The van der Waals surface area contributed by atoms with Crippen molar-refractivity contribution in [3.8, 4) is 11.1 Å². The quantitative estimate of drug-likeness (QED) is 0.219. The summed E-state index contributed by atoms with van der Waals surface area (Å²) >= 11 is 6.15. The lowest BCUT2D eigenvalue weighted by molar-refractivity contribution is -0.386. The number of anilines is 1. The number of aromatic amines is 1. The lowest BCUT2D eigenvalue weighted by Gasteiger charge is -2.26. The molecular formula is C29H29ClN4O3. The zero-order valence-electron chi connectivity index (χ0n) is 20.4. The number of rotatable bonds is 6. The minimum Gasteiger partial charge on any atom is -0.388 e. The number of nitro groups is 1. The normalized spacial score (nSPS) is 16.8. The molecule has 3 aromatic carbocycles. The third-order valence-electron chi connectivity index (χ3n) is 7.20. The summed E-state index contributed by atoms with van der Waals surface area (Å²) in [5.74, 6) is -0.141. The average Bonchev–Trinajstić information content (AvgIpc) is 3.44. The molecule has 2 unspecified atom stereocenters. The largest absolute Gasteiger partial charge is 0.388 e. The Bertz CT molecular complexity index is 1360. The number of aryl methyl sites for hydroxylation is 1. The van der Waals surface area contributed by atoms with Crippen molar-refractivity contribution in [1.29, 1.82) is 0 Å². The Labute approximate surface area is 220 Å². The summed E-state index contributed by atoms with van der Waals surface area (Å²) < 4.78 is 0. The highest BCUT2D eigenvalue weighted by Gasteiger charge is 2.30. The number of hydrogen-bond donors (Lipinski definition) is 2. The van der Waals surface area contributed by atoms with Crippen LogP contribution >= 0.6 is 11.6 Å². The molecule has 0 amide bonds. The van der Waals surface area contributed by atoms with Crippen molar-refractivity contribution in [3.63, 3.8) is 0 Å². The van der Waals surface area contributed by atoms with E-state index in [9.17, 15) is 15.2 Å². The second kappa shape index (κ2) is 11.2. The van der Waals surface area contributed by atoms with Crippen LogP contribution in [0.3, 0.4) is 0 Å². The second-order valence-corrected chi connectivity index (χ2v) is 9.94. The van der Waals surface area contributed by atoms with Gasteiger partial charge < -0.3 is 15.0 Å². The van der Waals surface area contributed by atoms with E-state index in [2.05, 4.69) is 45.2 Å². The van der Waals surface area contributed by atoms with Crippen LogP contribution in [0.25, 0.3) is 11.1 Å². The van der Waals surface area contributed by atoms with Crippen molar-refractivity contribution in [3.05, 3.63) is 111 Å². The van der Waals surface area contributed by atoms with Crippen LogP contribution in [0.1, 0.15) is 42.2 Å². The van der Waals surface area contributed by atoms with Crippen molar-refractivity contribution in [2.75, 3.05) is 11.4 Å². The molecule has 2 heterocycles. The molecule has 2 atom stereocenters. The Kier molecular flexibility index (Phi) is 7.53. The van der Waals surface area contributed by atoms with Crippen molar-refractivity contribution in [2.45, 2.75) is 38.3 Å². The molecule has 4 aromatic rings. The van der Waals surface area contributed by atoms with Crippen molar-refractivity contribution < 1.29 is 10.0 Å². The molecule has 0 saturated heterocycles. The summed E-state index contributed by atoms with van der Waals surface area (Å²) in [5, 5.41) is 23.2. The molecule has 0 radical (unpaired) electrons. The zero-order valence-corrected chi connectivity index (χ0v) is 21.1. The van der Waals surface area contributed by atoms with Crippen LogP contribution in [-0.4, -0.2) is 26.5 Å². The zero-order chi connectivity index (χ0) is 25.8. The van der Waals surface area contributed by atoms with Gasteiger partial charge in [0, 0.05) is 18.4 Å². The van der Waals surface area contributed by atoms with Gasteiger partial charge in [-0.3, -0.25) is 10.1 Å². The van der Waals surface area contributed by atoms with Crippen molar-refractivity contribution >= 4 is 23.0 Å². The van der Waals surface area contributed by atoms with Gasteiger partial charge in [-0.1, -0.05) is 54.1 Å². The van der Waals surface area contributed by atoms with Gasteiger partial charge in [0.2, 0.25) is 0 Å². The third kappa shape index (κ3) is 5.53. The van der Waals surface area contributed by atoms with Gasteiger partial charge in [0.25, 0.3) is 5.69 Å². The lowest BCUT2D eigenvalue weighted by atomic mass is 9.86. The number of aliphatic hydroxyl groups is 1. The van der Waals surface area contributed by atoms with E-state index in [0.717, 1.165) is 48.3 Å². The van der Waals surface area contributed by atoms with Gasteiger partial charge in [0.05, 0.1) is 35.2 Å². The van der Waals surface area contributed by atoms with Crippen molar-refractivity contribution in [2.24, 2.45) is 5.92 Å². The Morgan fingerprint density at radius 3 is 2.70 bits per heavy atom. The molecule has 8 heteroatoms. The van der Waals surface area contributed by atoms with Gasteiger partial charge in [0.15, 0.2) is 0 Å². The lowest BCUT2D eigenvalue weighted by Crippen LogP contribution is -2.25. The number of imidazole rings is 1. The number of nitro benzene ring substituents is 1. The molecule has 0 aliphatic carbocycles. The van der Waals surface area contributed by atoms with E-state index in [4.69, 9.17) is 11.6 Å². The van der Waals surface area contributed by atoms with E-state index < -0.39 is 11.0 Å². The molecular weight excluding hydrogens is 488 g/mol. The van der Waals surface area contributed by atoms with Crippen LogP contribution in [0, 0.1) is 16.0 Å². The summed E-state index contributed by atoms with van der Waals surface area (Å²) in [6.45, 7) is 1.49. The second-order valence-electron chi connectivity index (χ2n) is 9.53. The summed E-state index contributed by atoms with van der Waals surface area (Å²) in [6, 6.07) is 21.6. The molecule has 1 aromatic heterocycles. The predicted molar refractivity (Wildman–Crippen MR) is 146 cm³/mol. The Morgan fingerprint density at radius 2 is 1.95 bits per heavy atom. The standard InChI is InChI=1S/C29H29ClN4O3/c30-26-10-4-9-25(28(26)34(36)37)29(35)21-8-5-15-33(18-24-17-31-19-32-24)27-14-13-22(16-23(27)12-11-21)20-6-2-1-3-7-20/h1-4,6-7,9-10,13-14,16-17,19,21,29,35H,5,8,11-12,15,18H2,(H,31,32). The molecule has 190 valence electrons. The van der Waals surface area contributed by atoms with E-state index >= 15 is 0 Å². The Balaban J connectivity index is 1.48. The summed E-state index contributed by atoms with van der Waals surface area (Å²) in [6.07, 6.45) is 5.58. The first-order chi connectivity index (χ1) is 18.0. The molecule has 5 rings (SSSR count). The molecule has 7 nitrogen and oxygen atoms in total. The van der Waals surface area contributed by atoms with E-state index in [1.54, 1.807) is 18.5 Å². The van der Waals surface area contributed by atoms with Gasteiger partial charge in [-0.25, -0.2) is 4.98 Å². The van der Waals surface area contributed by atoms with Gasteiger partial charge >= 0.3 is 0 Å². The topological polar surface area (TPSA) is 95.3 Å². The van der Waals surface area contributed by atoms with Crippen molar-refractivity contribution in [1.82, 2.24) is 9.97 Å². The van der Waals surface area contributed by atoms with Crippen LogP contribution in [0.5, 0.6) is 0 Å². The van der Waals surface area contributed by atoms with Crippen LogP contribution in [-0.2, 0) is 13.0 Å². The van der Waals surface area contributed by atoms with Gasteiger partial charge in [0.1, 0.15) is 5.02 Å². The molecule has 0 fully saturated rings. The molecule has 1 aliphatic rings. The minimum absolute atomic E-state index is 0.0493. The molecule has 1 aliphatic heterocycles. The fourth-order valence-electron chi connectivity index (χ4n) is 5.33. The first-order valence-electron chi connectivity index (χ1n) is 12.5. The molecule has 0 saturated carbocycles.